The number of hydrogen-bond donors (Lipinski definition) is 0. The number of rotatable bonds is 5. The summed E-state index contributed by atoms with van der Waals surface area (Å²) < 4.78 is 5.61. The molecule has 0 heterocycles. The van der Waals surface area contributed by atoms with Gasteiger partial charge in [-0.2, -0.15) is 0 Å². The quantitative estimate of drug-likeness (QED) is 0.757. The molecular weight excluding hydrogens is 260 g/mol. The maximum absolute atomic E-state index is 12.4. The standard InChI is InChI=1S/C16H15ClO2/c1-2-11-19-15-6-4-3-5-14(15)16(18)12-7-9-13(17)10-8-12/h3-10H,2,11H2,1H3. The summed E-state index contributed by atoms with van der Waals surface area (Å²) in [6.45, 7) is 2.63. The minimum atomic E-state index is -0.0524. The maximum Gasteiger partial charge on any atom is 0.196 e. The number of ether oxygens (including phenoxy) is 1. The van der Waals surface area contributed by atoms with Crippen LogP contribution in [-0.2, 0) is 0 Å². The molecule has 19 heavy (non-hydrogen) atoms. The second-order valence-corrected chi connectivity index (χ2v) is 4.62. The zero-order valence-electron chi connectivity index (χ0n) is 10.7. The van der Waals surface area contributed by atoms with Crippen molar-refractivity contribution in [2.24, 2.45) is 0 Å². The van der Waals surface area contributed by atoms with E-state index in [1.54, 1.807) is 30.3 Å². The molecular formula is C16H15ClO2. The van der Waals surface area contributed by atoms with Crippen LogP contribution in [0, 0.1) is 0 Å². The van der Waals surface area contributed by atoms with Crippen molar-refractivity contribution in [1.82, 2.24) is 0 Å². The predicted octanol–water partition coefficient (Wildman–Crippen LogP) is 4.36. The minimum Gasteiger partial charge on any atom is -0.493 e. The largest absolute Gasteiger partial charge is 0.493 e. The van der Waals surface area contributed by atoms with Crippen molar-refractivity contribution in [3.05, 3.63) is 64.7 Å². The molecule has 2 rings (SSSR count). The summed E-state index contributed by atoms with van der Waals surface area (Å²) in [5.74, 6) is 0.577. The Morgan fingerprint density at radius 1 is 1.11 bits per heavy atom. The lowest BCUT2D eigenvalue weighted by Gasteiger charge is -2.10. The molecule has 0 atom stereocenters. The molecule has 0 fully saturated rings. The molecule has 0 bridgehead atoms. The van der Waals surface area contributed by atoms with Crippen LogP contribution in [0.5, 0.6) is 5.75 Å². The van der Waals surface area contributed by atoms with Gasteiger partial charge in [-0.1, -0.05) is 30.7 Å². The first-order chi connectivity index (χ1) is 9.22. The van der Waals surface area contributed by atoms with E-state index in [2.05, 4.69) is 0 Å². The smallest absolute Gasteiger partial charge is 0.196 e. The van der Waals surface area contributed by atoms with Gasteiger partial charge in [0.1, 0.15) is 5.75 Å². The van der Waals surface area contributed by atoms with E-state index in [0.717, 1.165) is 6.42 Å². The fourth-order valence-electron chi connectivity index (χ4n) is 1.75. The van der Waals surface area contributed by atoms with Crippen LogP contribution in [0.2, 0.25) is 5.02 Å². The van der Waals surface area contributed by atoms with Crippen molar-refractivity contribution in [3.63, 3.8) is 0 Å². The van der Waals surface area contributed by atoms with Gasteiger partial charge in [-0.15, -0.1) is 0 Å². The fraction of sp³-hybridized carbons (Fsp3) is 0.188. The summed E-state index contributed by atoms with van der Waals surface area (Å²) in [4.78, 5) is 12.4. The molecule has 0 amide bonds. The Labute approximate surface area is 118 Å². The van der Waals surface area contributed by atoms with E-state index in [9.17, 15) is 4.79 Å². The van der Waals surface area contributed by atoms with Gasteiger partial charge in [0.2, 0.25) is 0 Å². The van der Waals surface area contributed by atoms with E-state index in [1.165, 1.54) is 0 Å². The molecule has 0 aliphatic heterocycles. The average molecular weight is 275 g/mol. The summed E-state index contributed by atoms with van der Waals surface area (Å²) >= 11 is 5.83. The normalized spacial score (nSPS) is 10.2. The third-order valence-electron chi connectivity index (χ3n) is 2.70. The van der Waals surface area contributed by atoms with Gasteiger partial charge < -0.3 is 4.74 Å². The van der Waals surface area contributed by atoms with Gasteiger partial charge in [0, 0.05) is 10.6 Å². The first-order valence-corrected chi connectivity index (χ1v) is 6.62. The lowest BCUT2D eigenvalue weighted by atomic mass is 10.0. The van der Waals surface area contributed by atoms with Gasteiger partial charge in [-0.3, -0.25) is 4.79 Å². The summed E-state index contributed by atoms with van der Waals surface area (Å²) in [7, 11) is 0. The first-order valence-electron chi connectivity index (χ1n) is 6.24. The summed E-state index contributed by atoms with van der Waals surface area (Å²) in [6.07, 6.45) is 0.906. The van der Waals surface area contributed by atoms with Crippen LogP contribution in [0.15, 0.2) is 48.5 Å². The topological polar surface area (TPSA) is 26.3 Å². The molecule has 0 aliphatic carbocycles. The van der Waals surface area contributed by atoms with Crippen LogP contribution in [0.3, 0.4) is 0 Å². The van der Waals surface area contributed by atoms with E-state index in [-0.39, 0.29) is 5.78 Å². The summed E-state index contributed by atoms with van der Waals surface area (Å²) in [5.41, 5.74) is 1.19. The molecule has 2 aromatic carbocycles. The van der Waals surface area contributed by atoms with Crippen molar-refractivity contribution < 1.29 is 9.53 Å². The van der Waals surface area contributed by atoms with Crippen LogP contribution in [0.1, 0.15) is 29.3 Å². The highest BCUT2D eigenvalue weighted by Crippen LogP contribution is 2.22. The Bertz CT molecular complexity index is 561. The zero-order valence-corrected chi connectivity index (χ0v) is 11.5. The van der Waals surface area contributed by atoms with Crippen LogP contribution < -0.4 is 4.74 Å². The highest BCUT2D eigenvalue weighted by atomic mass is 35.5. The number of halogens is 1. The monoisotopic (exact) mass is 274 g/mol. The Hall–Kier alpha value is -1.80. The Morgan fingerprint density at radius 3 is 2.47 bits per heavy atom. The Morgan fingerprint density at radius 2 is 1.79 bits per heavy atom. The average Bonchev–Trinajstić information content (AvgIpc) is 2.45. The number of hydrogen-bond acceptors (Lipinski definition) is 2. The summed E-state index contributed by atoms with van der Waals surface area (Å²) in [5, 5.41) is 0.618. The SMILES string of the molecule is CCCOc1ccccc1C(=O)c1ccc(Cl)cc1. The highest BCUT2D eigenvalue weighted by Gasteiger charge is 2.13. The molecule has 3 heteroatoms. The second kappa shape index (κ2) is 6.39. The molecule has 2 aromatic rings. The van der Waals surface area contributed by atoms with Crippen LogP contribution >= 0.6 is 11.6 Å². The number of benzene rings is 2. The third kappa shape index (κ3) is 3.36. The van der Waals surface area contributed by atoms with Gasteiger partial charge in [-0.05, 0) is 42.8 Å². The van der Waals surface area contributed by atoms with E-state index in [4.69, 9.17) is 16.3 Å². The van der Waals surface area contributed by atoms with Crippen molar-refractivity contribution >= 4 is 17.4 Å². The lowest BCUT2D eigenvalue weighted by Crippen LogP contribution is -2.05. The van der Waals surface area contributed by atoms with Crippen LogP contribution in [0.4, 0.5) is 0 Å². The van der Waals surface area contributed by atoms with Crippen molar-refractivity contribution in [3.8, 4) is 5.75 Å². The Kier molecular flexibility index (Phi) is 4.58. The molecule has 0 aliphatic rings. The maximum atomic E-state index is 12.4. The van der Waals surface area contributed by atoms with Crippen LogP contribution in [-0.4, -0.2) is 12.4 Å². The fourth-order valence-corrected chi connectivity index (χ4v) is 1.87. The van der Waals surface area contributed by atoms with E-state index >= 15 is 0 Å². The van der Waals surface area contributed by atoms with Gasteiger partial charge in [0.15, 0.2) is 5.78 Å². The number of para-hydroxylation sites is 1. The molecule has 0 aromatic heterocycles. The predicted molar refractivity (Wildman–Crippen MR) is 77.1 cm³/mol. The van der Waals surface area contributed by atoms with E-state index in [0.29, 0.717) is 28.5 Å². The van der Waals surface area contributed by atoms with Crippen molar-refractivity contribution in [1.29, 1.82) is 0 Å². The molecule has 0 saturated heterocycles. The third-order valence-corrected chi connectivity index (χ3v) is 2.95. The van der Waals surface area contributed by atoms with Crippen molar-refractivity contribution in [2.75, 3.05) is 6.61 Å². The minimum absolute atomic E-state index is 0.0524. The molecule has 98 valence electrons. The number of carbonyl (C=O) groups excluding carboxylic acids is 1. The number of carbonyl (C=O) groups is 1. The zero-order chi connectivity index (χ0) is 13.7. The number of ketones is 1. The first kappa shape index (κ1) is 13.6. The molecule has 0 radical (unpaired) electrons. The Balaban J connectivity index is 2.30. The molecule has 0 saturated carbocycles. The highest BCUT2D eigenvalue weighted by molar-refractivity contribution is 6.30. The molecule has 0 spiro atoms. The molecule has 0 N–H and O–H groups in total. The lowest BCUT2D eigenvalue weighted by molar-refractivity contribution is 0.103. The second-order valence-electron chi connectivity index (χ2n) is 4.18. The van der Waals surface area contributed by atoms with Gasteiger partial charge in [0.05, 0.1) is 12.2 Å². The van der Waals surface area contributed by atoms with Crippen LogP contribution in [0.25, 0.3) is 0 Å². The summed E-state index contributed by atoms with van der Waals surface area (Å²) in [6, 6.07) is 14.2. The van der Waals surface area contributed by atoms with Gasteiger partial charge in [-0.25, -0.2) is 0 Å². The molecule has 2 nitrogen and oxygen atoms in total. The van der Waals surface area contributed by atoms with E-state index < -0.39 is 0 Å². The van der Waals surface area contributed by atoms with Gasteiger partial charge >= 0.3 is 0 Å². The van der Waals surface area contributed by atoms with Gasteiger partial charge in [0.25, 0.3) is 0 Å². The van der Waals surface area contributed by atoms with E-state index in [1.807, 2.05) is 25.1 Å². The van der Waals surface area contributed by atoms with Crippen molar-refractivity contribution in [2.45, 2.75) is 13.3 Å². The molecule has 0 unspecified atom stereocenters.